The van der Waals surface area contributed by atoms with Gasteiger partial charge in [-0.2, -0.15) is 0 Å². The molecule has 98 valence electrons. The Kier molecular flexibility index (Phi) is 8.11. The third-order valence-electron chi connectivity index (χ3n) is 2.96. The zero-order chi connectivity index (χ0) is 13.3. The molecule has 4 nitrogen and oxygen atoms in total. The number of rotatable bonds is 8. The zero-order valence-electron chi connectivity index (χ0n) is 10.9. The highest BCUT2D eigenvalue weighted by Crippen LogP contribution is 2.16. The Balaban J connectivity index is 3.86. The van der Waals surface area contributed by atoms with E-state index in [0.717, 1.165) is 12.2 Å². The van der Waals surface area contributed by atoms with Crippen molar-refractivity contribution in [3.8, 4) is 0 Å². The fraction of sp³-hybridized carbons (Fsp3) is 0.692. The second kappa shape index (κ2) is 8.79. The Hall–Kier alpha value is -1.32. The Bertz CT molecular complexity index is 274. The number of aliphatic carboxylic acids is 1. The van der Waals surface area contributed by atoms with Crippen LogP contribution in [0.4, 0.5) is 0 Å². The SMILES string of the molecule is CCCCC(C)C(C)CNC(=O)/C=C\C(=O)O. The van der Waals surface area contributed by atoms with Crippen molar-refractivity contribution in [3.63, 3.8) is 0 Å². The summed E-state index contributed by atoms with van der Waals surface area (Å²) in [7, 11) is 0. The minimum atomic E-state index is -1.11. The molecule has 0 spiro atoms. The summed E-state index contributed by atoms with van der Waals surface area (Å²) in [5.41, 5.74) is 0. The molecule has 0 aromatic heterocycles. The van der Waals surface area contributed by atoms with Crippen molar-refractivity contribution in [1.82, 2.24) is 5.32 Å². The number of hydrogen-bond acceptors (Lipinski definition) is 2. The lowest BCUT2D eigenvalue weighted by atomic mass is 9.91. The fourth-order valence-electron chi connectivity index (χ4n) is 1.48. The van der Waals surface area contributed by atoms with E-state index in [-0.39, 0.29) is 5.91 Å². The van der Waals surface area contributed by atoms with E-state index in [4.69, 9.17) is 5.11 Å². The first-order valence-electron chi connectivity index (χ1n) is 6.16. The number of amides is 1. The number of hydrogen-bond donors (Lipinski definition) is 2. The molecular weight excluding hydrogens is 218 g/mol. The van der Waals surface area contributed by atoms with Gasteiger partial charge < -0.3 is 10.4 Å². The van der Waals surface area contributed by atoms with E-state index in [2.05, 4.69) is 26.1 Å². The van der Waals surface area contributed by atoms with Crippen molar-refractivity contribution in [1.29, 1.82) is 0 Å². The van der Waals surface area contributed by atoms with Crippen LogP contribution in [0.2, 0.25) is 0 Å². The summed E-state index contributed by atoms with van der Waals surface area (Å²) < 4.78 is 0. The lowest BCUT2D eigenvalue weighted by Gasteiger charge is -2.19. The standard InChI is InChI=1S/C13H23NO3/c1-4-5-6-10(2)11(3)9-14-12(15)7-8-13(16)17/h7-8,10-11H,4-6,9H2,1-3H3,(H,14,15)(H,16,17)/b8-7-. The van der Waals surface area contributed by atoms with E-state index in [0.29, 0.717) is 18.4 Å². The van der Waals surface area contributed by atoms with Crippen LogP contribution in [0.3, 0.4) is 0 Å². The largest absolute Gasteiger partial charge is 0.478 e. The van der Waals surface area contributed by atoms with Gasteiger partial charge in [-0.05, 0) is 11.8 Å². The highest BCUT2D eigenvalue weighted by Gasteiger charge is 2.12. The van der Waals surface area contributed by atoms with Gasteiger partial charge in [-0.15, -0.1) is 0 Å². The van der Waals surface area contributed by atoms with Crippen LogP contribution in [0, 0.1) is 11.8 Å². The second-order valence-corrected chi connectivity index (χ2v) is 4.51. The molecule has 0 aromatic rings. The molecule has 4 heteroatoms. The Morgan fingerprint density at radius 2 is 1.88 bits per heavy atom. The maximum atomic E-state index is 11.2. The van der Waals surface area contributed by atoms with Crippen LogP contribution in [-0.4, -0.2) is 23.5 Å². The number of carbonyl (C=O) groups excluding carboxylic acids is 1. The predicted octanol–water partition coefficient (Wildman–Crippen LogP) is 2.21. The van der Waals surface area contributed by atoms with Crippen LogP contribution in [0.1, 0.15) is 40.0 Å². The molecule has 2 atom stereocenters. The first kappa shape index (κ1) is 15.7. The molecule has 1 amide bonds. The molecule has 0 radical (unpaired) electrons. The first-order valence-corrected chi connectivity index (χ1v) is 6.16. The maximum Gasteiger partial charge on any atom is 0.328 e. The highest BCUT2D eigenvalue weighted by molar-refractivity contribution is 5.93. The second-order valence-electron chi connectivity index (χ2n) is 4.51. The molecule has 0 aliphatic carbocycles. The Labute approximate surface area is 103 Å². The van der Waals surface area contributed by atoms with Crippen LogP contribution < -0.4 is 5.32 Å². The Morgan fingerprint density at radius 1 is 1.24 bits per heavy atom. The molecule has 0 saturated carbocycles. The minimum absolute atomic E-state index is 0.345. The van der Waals surface area contributed by atoms with Crippen LogP contribution in [0.25, 0.3) is 0 Å². The van der Waals surface area contributed by atoms with Crippen molar-refractivity contribution in [2.24, 2.45) is 11.8 Å². The normalized spacial score (nSPS) is 14.5. The van der Waals surface area contributed by atoms with E-state index >= 15 is 0 Å². The van der Waals surface area contributed by atoms with Crippen molar-refractivity contribution < 1.29 is 14.7 Å². The summed E-state index contributed by atoms with van der Waals surface area (Å²) in [4.78, 5) is 21.4. The lowest BCUT2D eigenvalue weighted by Crippen LogP contribution is -2.29. The molecular formula is C13H23NO3. The maximum absolute atomic E-state index is 11.2. The number of nitrogens with one attached hydrogen (secondary N) is 1. The van der Waals surface area contributed by atoms with Gasteiger partial charge in [0, 0.05) is 18.7 Å². The van der Waals surface area contributed by atoms with Gasteiger partial charge in [0.25, 0.3) is 0 Å². The van der Waals surface area contributed by atoms with Gasteiger partial charge in [0.05, 0.1) is 0 Å². The Morgan fingerprint density at radius 3 is 2.41 bits per heavy atom. The van der Waals surface area contributed by atoms with E-state index < -0.39 is 5.97 Å². The molecule has 0 saturated heterocycles. The highest BCUT2D eigenvalue weighted by atomic mass is 16.4. The summed E-state index contributed by atoms with van der Waals surface area (Å²) in [6.07, 6.45) is 5.45. The molecule has 2 unspecified atom stereocenters. The first-order chi connectivity index (χ1) is 7.97. The van der Waals surface area contributed by atoms with Crippen molar-refractivity contribution in [3.05, 3.63) is 12.2 Å². The van der Waals surface area contributed by atoms with Crippen molar-refractivity contribution in [2.45, 2.75) is 40.0 Å². The van der Waals surface area contributed by atoms with Crippen molar-refractivity contribution >= 4 is 11.9 Å². The monoisotopic (exact) mass is 241 g/mol. The van der Waals surface area contributed by atoms with Crippen LogP contribution in [-0.2, 0) is 9.59 Å². The van der Waals surface area contributed by atoms with Gasteiger partial charge in [0.1, 0.15) is 0 Å². The lowest BCUT2D eigenvalue weighted by molar-refractivity contribution is -0.131. The summed E-state index contributed by atoms with van der Waals surface area (Å²) in [5.74, 6) is -0.478. The molecule has 0 fully saturated rings. The summed E-state index contributed by atoms with van der Waals surface area (Å²) in [5, 5.41) is 11.1. The predicted molar refractivity (Wildman–Crippen MR) is 67.6 cm³/mol. The number of carboxylic acid groups (broad SMARTS) is 1. The molecule has 0 rings (SSSR count). The zero-order valence-corrected chi connectivity index (χ0v) is 10.9. The van der Waals surface area contributed by atoms with E-state index in [9.17, 15) is 9.59 Å². The minimum Gasteiger partial charge on any atom is -0.478 e. The third kappa shape index (κ3) is 8.48. The summed E-state index contributed by atoms with van der Waals surface area (Å²) in [6, 6.07) is 0. The van der Waals surface area contributed by atoms with E-state index in [1.165, 1.54) is 19.3 Å². The molecule has 0 aliphatic rings. The van der Waals surface area contributed by atoms with Gasteiger partial charge in [0.2, 0.25) is 5.91 Å². The molecule has 0 heterocycles. The fourth-order valence-corrected chi connectivity index (χ4v) is 1.48. The van der Waals surface area contributed by atoms with Crippen LogP contribution in [0.5, 0.6) is 0 Å². The summed E-state index contributed by atoms with van der Waals surface area (Å²) >= 11 is 0. The number of unbranched alkanes of at least 4 members (excludes halogenated alkanes) is 1. The molecule has 17 heavy (non-hydrogen) atoms. The van der Waals surface area contributed by atoms with Gasteiger partial charge in [0.15, 0.2) is 0 Å². The average molecular weight is 241 g/mol. The molecule has 0 aromatic carbocycles. The number of carboxylic acids is 1. The van der Waals surface area contributed by atoms with Crippen molar-refractivity contribution in [2.75, 3.05) is 6.54 Å². The molecule has 0 bridgehead atoms. The van der Waals surface area contributed by atoms with Gasteiger partial charge in [-0.25, -0.2) is 4.79 Å². The summed E-state index contributed by atoms with van der Waals surface area (Å²) in [6.45, 7) is 7.03. The topological polar surface area (TPSA) is 66.4 Å². The quantitative estimate of drug-likeness (QED) is 0.640. The molecule has 0 aliphatic heterocycles. The van der Waals surface area contributed by atoms with E-state index in [1.807, 2.05) is 0 Å². The molecule has 2 N–H and O–H groups in total. The van der Waals surface area contributed by atoms with Crippen LogP contribution in [0.15, 0.2) is 12.2 Å². The smallest absolute Gasteiger partial charge is 0.328 e. The van der Waals surface area contributed by atoms with Gasteiger partial charge in [-0.1, -0.05) is 40.0 Å². The van der Waals surface area contributed by atoms with E-state index in [1.54, 1.807) is 0 Å². The van der Waals surface area contributed by atoms with Crippen LogP contribution >= 0.6 is 0 Å². The van der Waals surface area contributed by atoms with Gasteiger partial charge >= 0.3 is 5.97 Å². The average Bonchev–Trinajstić information content (AvgIpc) is 2.30. The van der Waals surface area contributed by atoms with Gasteiger partial charge in [-0.3, -0.25) is 4.79 Å². The third-order valence-corrected chi connectivity index (χ3v) is 2.96. The number of carbonyl (C=O) groups is 2.